The Kier molecular flexibility index (Phi) is 4.53. The van der Waals surface area contributed by atoms with Crippen LogP contribution in [-0.4, -0.2) is 22.0 Å². The number of sulfonamides is 1. The van der Waals surface area contributed by atoms with E-state index in [0.29, 0.717) is 17.9 Å². The Hall–Kier alpha value is -2.01. The van der Waals surface area contributed by atoms with E-state index in [-0.39, 0.29) is 4.90 Å². The second kappa shape index (κ2) is 6.18. The first-order chi connectivity index (χ1) is 10.0. The van der Waals surface area contributed by atoms with Crippen molar-refractivity contribution in [2.75, 3.05) is 23.2 Å². The van der Waals surface area contributed by atoms with Gasteiger partial charge in [0.05, 0.1) is 11.4 Å². The lowest BCUT2D eigenvalue weighted by atomic mass is 10.2. The molecule has 0 aliphatic carbocycles. The average Bonchev–Trinajstić information content (AvgIpc) is 2.47. The molecule has 0 radical (unpaired) electrons. The van der Waals surface area contributed by atoms with Crippen molar-refractivity contribution in [3.63, 3.8) is 0 Å². The van der Waals surface area contributed by atoms with Gasteiger partial charge in [0.2, 0.25) is 0 Å². The molecule has 0 aromatic heterocycles. The summed E-state index contributed by atoms with van der Waals surface area (Å²) in [5.74, 6) is 0. The molecule has 0 bridgehead atoms. The molecule has 112 valence electrons. The van der Waals surface area contributed by atoms with E-state index in [0.717, 1.165) is 5.56 Å². The van der Waals surface area contributed by atoms with E-state index in [4.69, 9.17) is 0 Å². The predicted octanol–water partition coefficient (Wildman–Crippen LogP) is 3.25. The van der Waals surface area contributed by atoms with Crippen molar-refractivity contribution in [2.24, 2.45) is 0 Å². The fourth-order valence-corrected chi connectivity index (χ4v) is 3.96. The highest BCUT2D eigenvalue weighted by atomic mass is 32.2. The number of hydrogen-bond acceptors (Lipinski definition) is 3. The number of hydrogen-bond donors (Lipinski definition) is 1. The lowest BCUT2D eigenvalue weighted by molar-refractivity contribution is 0.592. The molecule has 0 amide bonds. The fraction of sp³-hybridized carbons (Fsp3) is 0.250. The second-order valence-electron chi connectivity index (χ2n) is 4.75. The standard InChI is InChI=1S/C16H20N2O2S/c1-4-18(14-9-7-8-13(2)12-14)21(19,20)16-11-6-5-10-15(16)17-3/h5-12,17H,4H2,1-3H3. The van der Waals surface area contributed by atoms with Gasteiger partial charge in [0.1, 0.15) is 4.90 Å². The summed E-state index contributed by atoms with van der Waals surface area (Å²) in [6, 6.07) is 14.4. The van der Waals surface area contributed by atoms with Crippen LogP contribution in [0, 0.1) is 6.92 Å². The number of para-hydroxylation sites is 1. The van der Waals surface area contributed by atoms with Crippen LogP contribution in [0.4, 0.5) is 11.4 Å². The SMILES string of the molecule is CCN(c1cccc(C)c1)S(=O)(=O)c1ccccc1NC. The van der Waals surface area contributed by atoms with Crippen LogP contribution >= 0.6 is 0 Å². The third-order valence-electron chi connectivity index (χ3n) is 3.30. The Morgan fingerprint density at radius 2 is 1.81 bits per heavy atom. The molecule has 0 fully saturated rings. The zero-order valence-electron chi connectivity index (χ0n) is 12.5. The highest BCUT2D eigenvalue weighted by molar-refractivity contribution is 7.93. The van der Waals surface area contributed by atoms with Crippen LogP contribution < -0.4 is 9.62 Å². The topological polar surface area (TPSA) is 49.4 Å². The molecule has 5 heteroatoms. The molecule has 0 spiro atoms. The maximum absolute atomic E-state index is 12.9. The zero-order chi connectivity index (χ0) is 15.5. The summed E-state index contributed by atoms with van der Waals surface area (Å²) in [6.45, 7) is 4.16. The highest BCUT2D eigenvalue weighted by Crippen LogP contribution is 2.28. The van der Waals surface area contributed by atoms with Crippen LogP contribution in [0.1, 0.15) is 12.5 Å². The molecule has 0 aliphatic heterocycles. The van der Waals surface area contributed by atoms with Gasteiger partial charge >= 0.3 is 0 Å². The molecular weight excluding hydrogens is 284 g/mol. The Bertz CT molecular complexity index is 727. The molecule has 0 unspecified atom stereocenters. The van der Waals surface area contributed by atoms with E-state index in [9.17, 15) is 8.42 Å². The summed E-state index contributed by atoms with van der Waals surface area (Å²) >= 11 is 0. The van der Waals surface area contributed by atoms with Crippen molar-refractivity contribution >= 4 is 21.4 Å². The predicted molar refractivity (Wildman–Crippen MR) is 87.4 cm³/mol. The quantitative estimate of drug-likeness (QED) is 0.922. The number of benzene rings is 2. The third-order valence-corrected chi connectivity index (χ3v) is 5.26. The normalized spacial score (nSPS) is 11.2. The fourth-order valence-electron chi connectivity index (χ4n) is 2.29. The summed E-state index contributed by atoms with van der Waals surface area (Å²) in [4.78, 5) is 0.288. The molecule has 0 saturated heterocycles. The van der Waals surface area contributed by atoms with E-state index in [2.05, 4.69) is 5.32 Å². The lowest BCUT2D eigenvalue weighted by Crippen LogP contribution is -2.31. The minimum absolute atomic E-state index is 0.288. The van der Waals surface area contributed by atoms with Gasteiger partial charge in [-0.2, -0.15) is 0 Å². The molecule has 2 aromatic rings. The summed E-state index contributed by atoms with van der Waals surface area (Å²) in [6.07, 6.45) is 0. The van der Waals surface area contributed by atoms with E-state index in [1.807, 2.05) is 44.2 Å². The molecule has 1 N–H and O–H groups in total. The maximum atomic E-state index is 12.9. The number of nitrogens with zero attached hydrogens (tertiary/aromatic N) is 1. The van der Waals surface area contributed by atoms with E-state index >= 15 is 0 Å². The van der Waals surface area contributed by atoms with Crippen molar-refractivity contribution in [1.82, 2.24) is 0 Å². The molecule has 21 heavy (non-hydrogen) atoms. The van der Waals surface area contributed by atoms with Gasteiger partial charge in [-0.05, 0) is 43.7 Å². The monoisotopic (exact) mass is 304 g/mol. The number of anilines is 2. The summed E-state index contributed by atoms with van der Waals surface area (Å²) < 4.78 is 27.3. The van der Waals surface area contributed by atoms with Crippen molar-refractivity contribution < 1.29 is 8.42 Å². The van der Waals surface area contributed by atoms with Gasteiger partial charge in [0.25, 0.3) is 10.0 Å². The van der Waals surface area contributed by atoms with Gasteiger partial charge in [-0.25, -0.2) is 8.42 Å². The highest BCUT2D eigenvalue weighted by Gasteiger charge is 2.25. The Morgan fingerprint density at radius 3 is 2.43 bits per heavy atom. The molecule has 0 atom stereocenters. The van der Waals surface area contributed by atoms with Crippen LogP contribution in [0.3, 0.4) is 0 Å². The Morgan fingerprint density at radius 1 is 1.10 bits per heavy atom. The molecule has 0 heterocycles. The lowest BCUT2D eigenvalue weighted by Gasteiger charge is -2.24. The van der Waals surface area contributed by atoms with Crippen LogP contribution in [0.15, 0.2) is 53.4 Å². The minimum Gasteiger partial charge on any atom is -0.387 e. The smallest absolute Gasteiger partial charge is 0.266 e. The van der Waals surface area contributed by atoms with Crippen molar-refractivity contribution in [3.05, 3.63) is 54.1 Å². The number of rotatable bonds is 5. The molecular formula is C16H20N2O2S. The van der Waals surface area contributed by atoms with Gasteiger partial charge in [-0.1, -0.05) is 24.3 Å². The van der Waals surface area contributed by atoms with Crippen LogP contribution in [0.5, 0.6) is 0 Å². The Labute approximate surface area is 126 Å². The minimum atomic E-state index is -3.59. The Balaban J connectivity index is 2.55. The van der Waals surface area contributed by atoms with Crippen LogP contribution in [0.2, 0.25) is 0 Å². The van der Waals surface area contributed by atoms with Crippen LogP contribution in [0.25, 0.3) is 0 Å². The first-order valence-corrected chi connectivity index (χ1v) is 8.31. The molecule has 2 aromatic carbocycles. The number of aryl methyl sites for hydroxylation is 1. The molecule has 2 rings (SSSR count). The summed E-state index contributed by atoms with van der Waals surface area (Å²) in [5, 5.41) is 2.94. The van der Waals surface area contributed by atoms with Crippen molar-refractivity contribution in [1.29, 1.82) is 0 Å². The average molecular weight is 304 g/mol. The first kappa shape index (κ1) is 15.4. The second-order valence-corrected chi connectivity index (χ2v) is 6.59. The van der Waals surface area contributed by atoms with Gasteiger partial charge in [0.15, 0.2) is 0 Å². The first-order valence-electron chi connectivity index (χ1n) is 6.87. The molecule has 0 saturated carbocycles. The van der Waals surface area contributed by atoms with Crippen LogP contribution in [-0.2, 0) is 10.0 Å². The maximum Gasteiger partial charge on any atom is 0.266 e. The zero-order valence-corrected chi connectivity index (χ0v) is 13.3. The molecule has 0 aliphatic rings. The van der Waals surface area contributed by atoms with Gasteiger partial charge in [-0.15, -0.1) is 0 Å². The largest absolute Gasteiger partial charge is 0.387 e. The van der Waals surface area contributed by atoms with E-state index < -0.39 is 10.0 Å². The van der Waals surface area contributed by atoms with Gasteiger partial charge in [-0.3, -0.25) is 4.31 Å². The number of nitrogens with one attached hydrogen (secondary N) is 1. The van der Waals surface area contributed by atoms with E-state index in [1.165, 1.54) is 4.31 Å². The van der Waals surface area contributed by atoms with Crippen molar-refractivity contribution in [2.45, 2.75) is 18.7 Å². The summed E-state index contributed by atoms with van der Waals surface area (Å²) in [5.41, 5.74) is 2.31. The summed E-state index contributed by atoms with van der Waals surface area (Å²) in [7, 11) is -1.87. The van der Waals surface area contributed by atoms with Crippen molar-refractivity contribution in [3.8, 4) is 0 Å². The molecule has 4 nitrogen and oxygen atoms in total. The van der Waals surface area contributed by atoms with E-state index in [1.54, 1.807) is 25.2 Å². The van der Waals surface area contributed by atoms with Gasteiger partial charge < -0.3 is 5.32 Å². The third kappa shape index (κ3) is 3.03. The van der Waals surface area contributed by atoms with Gasteiger partial charge in [0, 0.05) is 13.6 Å².